The van der Waals surface area contributed by atoms with E-state index in [-0.39, 0.29) is 6.61 Å². The predicted molar refractivity (Wildman–Crippen MR) is 36.0 cm³/mol. The summed E-state index contributed by atoms with van der Waals surface area (Å²) in [5, 5.41) is 25.9. The van der Waals surface area contributed by atoms with E-state index in [0.29, 0.717) is 0 Å². The highest BCUT2D eigenvalue weighted by Gasteiger charge is 2.22. The van der Waals surface area contributed by atoms with Crippen LogP contribution in [0.3, 0.4) is 0 Å². The normalized spacial score (nSPS) is 16.0. The lowest BCUT2D eigenvalue weighted by Gasteiger charge is -2.10. The summed E-state index contributed by atoms with van der Waals surface area (Å²) in [4.78, 5) is 10.7. The van der Waals surface area contributed by atoms with Crippen molar-refractivity contribution < 1.29 is 24.9 Å². The second kappa shape index (κ2) is 5.20. The van der Waals surface area contributed by atoms with Gasteiger partial charge in [0.1, 0.15) is 12.2 Å². The average molecular weight is 164 g/mol. The highest BCUT2D eigenvalue weighted by Crippen LogP contribution is 1.92. The van der Waals surface area contributed by atoms with Crippen LogP contribution in [0.25, 0.3) is 0 Å². The lowest BCUT2D eigenvalue weighted by atomic mass is 10.1. The third-order valence-electron chi connectivity index (χ3n) is 1.15. The zero-order valence-electron chi connectivity index (χ0n) is 6.23. The molecule has 0 amide bonds. The van der Waals surface area contributed by atoms with Crippen LogP contribution in [0, 0.1) is 0 Å². The van der Waals surface area contributed by atoms with Gasteiger partial charge in [-0.15, -0.1) is 0 Å². The summed E-state index contributed by atoms with van der Waals surface area (Å²) in [6, 6.07) is 0. The van der Waals surface area contributed by atoms with E-state index in [9.17, 15) is 4.79 Å². The summed E-state index contributed by atoms with van der Waals surface area (Å²) in [7, 11) is 1.32. The Bertz CT molecular complexity index is 124. The Kier molecular flexibility index (Phi) is 4.97. The van der Waals surface area contributed by atoms with Crippen molar-refractivity contribution in [3.8, 4) is 0 Å². The van der Waals surface area contributed by atoms with E-state index < -0.39 is 24.6 Å². The molecular weight excluding hydrogens is 152 g/mol. The molecule has 0 aliphatic carbocycles. The van der Waals surface area contributed by atoms with Crippen LogP contribution in [-0.2, 0) is 9.53 Å². The number of aliphatic hydroxyl groups excluding tert-OH is 3. The predicted octanol–water partition coefficient (Wildman–Crippen LogP) is -2.08. The van der Waals surface area contributed by atoms with Crippen LogP contribution in [0.2, 0.25) is 0 Å². The molecule has 0 spiro atoms. The fourth-order valence-electron chi connectivity index (χ4n) is 0.552. The first kappa shape index (κ1) is 10.5. The van der Waals surface area contributed by atoms with Gasteiger partial charge < -0.3 is 20.1 Å². The molecule has 0 aromatic carbocycles. The molecule has 66 valence electrons. The fourth-order valence-corrected chi connectivity index (χ4v) is 0.552. The molecule has 5 nitrogen and oxygen atoms in total. The summed E-state index contributed by atoms with van der Waals surface area (Å²) in [6.45, 7) is -0.852. The molecule has 11 heavy (non-hydrogen) atoms. The van der Waals surface area contributed by atoms with Crippen molar-refractivity contribution >= 4 is 5.78 Å². The first-order valence-corrected chi connectivity index (χ1v) is 3.13. The van der Waals surface area contributed by atoms with E-state index in [2.05, 4.69) is 4.74 Å². The Hall–Kier alpha value is -0.490. The highest BCUT2D eigenvalue weighted by atomic mass is 16.5. The number of Topliss-reactive ketones (excluding diaryl/α,β-unsaturated/α-hetero) is 1. The number of ether oxygens (including phenoxy) is 1. The largest absolute Gasteiger partial charge is 0.393 e. The van der Waals surface area contributed by atoms with Crippen molar-refractivity contribution in [3.05, 3.63) is 0 Å². The summed E-state index contributed by atoms with van der Waals surface area (Å²) in [5.41, 5.74) is 0. The standard InChI is InChI=1S/C6H12O5/c1-11-3-5(9)6(10)4(8)2-7/h4-5,7-9H,2-3H2,1H3/t4-,5?/m1/s1. The first-order valence-electron chi connectivity index (χ1n) is 3.13. The molecule has 0 aromatic rings. The minimum absolute atomic E-state index is 0.171. The highest BCUT2D eigenvalue weighted by molar-refractivity contribution is 5.87. The molecule has 3 N–H and O–H groups in total. The zero-order valence-corrected chi connectivity index (χ0v) is 6.23. The van der Waals surface area contributed by atoms with Gasteiger partial charge in [-0.25, -0.2) is 0 Å². The maximum absolute atomic E-state index is 10.7. The molecule has 0 aliphatic heterocycles. The van der Waals surface area contributed by atoms with Crippen LogP contribution in [0.4, 0.5) is 0 Å². The van der Waals surface area contributed by atoms with Gasteiger partial charge in [-0.05, 0) is 0 Å². The second-order valence-corrected chi connectivity index (χ2v) is 2.07. The Morgan fingerprint density at radius 2 is 2.00 bits per heavy atom. The van der Waals surface area contributed by atoms with E-state index in [0.717, 1.165) is 0 Å². The number of carbonyl (C=O) groups excluding carboxylic acids is 1. The molecule has 0 rings (SSSR count). The van der Waals surface area contributed by atoms with Gasteiger partial charge in [0.15, 0.2) is 5.78 Å². The Morgan fingerprint density at radius 3 is 2.36 bits per heavy atom. The quantitative estimate of drug-likeness (QED) is 0.434. The van der Waals surface area contributed by atoms with Crippen LogP contribution in [0.15, 0.2) is 0 Å². The smallest absolute Gasteiger partial charge is 0.194 e. The van der Waals surface area contributed by atoms with Gasteiger partial charge in [0.25, 0.3) is 0 Å². The van der Waals surface area contributed by atoms with Gasteiger partial charge in [0.2, 0.25) is 0 Å². The number of rotatable bonds is 5. The zero-order chi connectivity index (χ0) is 8.85. The van der Waals surface area contributed by atoms with Gasteiger partial charge in [-0.2, -0.15) is 0 Å². The van der Waals surface area contributed by atoms with Crippen LogP contribution in [0.5, 0.6) is 0 Å². The third kappa shape index (κ3) is 3.43. The van der Waals surface area contributed by atoms with Gasteiger partial charge in [-0.3, -0.25) is 4.79 Å². The first-order chi connectivity index (χ1) is 5.13. The van der Waals surface area contributed by atoms with E-state index >= 15 is 0 Å². The maximum atomic E-state index is 10.7. The van der Waals surface area contributed by atoms with Crippen LogP contribution in [0.1, 0.15) is 0 Å². The number of hydrogen-bond donors (Lipinski definition) is 3. The molecule has 5 heteroatoms. The van der Waals surface area contributed by atoms with Gasteiger partial charge >= 0.3 is 0 Å². The molecule has 1 unspecified atom stereocenters. The molecule has 0 saturated carbocycles. The van der Waals surface area contributed by atoms with Crippen LogP contribution in [-0.4, -0.2) is 53.6 Å². The van der Waals surface area contributed by atoms with E-state index in [1.54, 1.807) is 0 Å². The van der Waals surface area contributed by atoms with Crippen LogP contribution < -0.4 is 0 Å². The number of ketones is 1. The Labute approximate surface area is 64.2 Å². The maximum Gasteiger partial charge on any atom is 0.194 e. The monoisotopic (exact) mass is 164 g/mol. The van der Waals surface area contributed by atoms with Crippen molar-refractivity contribution in [2.24, 2.45) is 0 Å². The lowest BCUT2D eigenvalue weighted by molar-refractivity contribution is -0.139. The van der Waals surface area contributed by atoms with Crippen molar-refractivity contribution in [3.63, 3.8) is 0 Å². The van der Waals surface area contributed by atoms with Gasteiger partial charge in [-0.1, -0.05) is 0 Å². The Balaban J connectivity index is 3.81. The Morgan fingerprint density at radius 1 is 1.45 bits per heavy atom. The summed E-state index contributed by atoms with van der Waals surface area (Å²) < 4.78 is 4.46. The third-order valence-corrected chi connectivity index (χ3v) is 1.15. The molecule has 0 fully saturated rings. The molecule has 0 radical (unpaired) electrons. The molecular formula is C6H12O5. The van der Waals surface area contributed by atoms with E-state index in [1.165, 1.54) is 7.11 Å². The van der Waals surface area contributed by atoms with Gasteiger partial charge in [0.05, 0.1) is 13.2 Å². The molecule has 0 aromatic heterocycles. The van der Waals surface area contributed by atoms with Crippen LogP contribution >= 0.6 is 0 Å². The topological polar surface area (TPSA) is 87.0 Å². The molecule has 0 bridgehead atoms. The SMILES string of the molecule is COCC(O)C(=O)[C@H](O)CO. The summed E-state index contributed by atoms with van der Waals surface area (Å²) in [6.07, 6.45) is -2.87. The number of hydrogen-bond acceptors (Lipinski definition) is 5. The van der Waals surface area contributed by atoms with Crippen molar-refractivity contribution in [2.75, 3.05) is 20.3 Å². The van der Waals surface area contributed by atoms with Crippen molar-refractivity contribution in [1.29, 1.82) is 0 Å². The fraction of sp³-hybridized carbons (Fsp3) is 0.833. The number of carbonyl (C=O) groups is 1. The van der Waals surface area contributed by atoms with Crippen molar-refractivity contribution in [1.82, 2.24) is 0 Å². The number of aliphatic hydroxyl groups is 3. The van der Waals surface area contributed by atoms with Gasteiger partial charge in [0, 0.05) is 7.11 Å². The summed E-state index contributed by atoms with van der Waals surface area (Å²) >= 11 is 0. The molecule has 0 saturated heterocycles. The van der Waals surface area contributed by atoms with E-state index in [1.807, 2.05) is 0 Å². The average Bonchev–Trinajstić information content (AvgIpc) is 2.02. The molecule has 0 aliphatic rings. The van der Waals surface area contributed by atoms with E-state index in [4.69, 9.17) is 15.3 Å². The number of methoxy groups -OCH3 is 1. The second-order valence-electron chi connectivity index (χ2n) is 2.07. The lowest BCUT2D eigenvalue weighted by Crippen LogP contribution is -2.37. The summed E-state index contributed by atoms with van der Waals surface area (Å²) in [5.74, 6) is -0.825. The van der Waals surface area contributed by atoms with Crippen molar-refractivity contribution in [2.45, 2.75) is 12.2 Å². The molecule has 0 heterocycles. The minimum atomic E-state index is -1.51. The minimum Gasteiger partial charge on any atom is -0.393 e. The molecule has 2 atom stereocenters.